The Balaban J connectivity index is 1.77. The van der Waals surface area contributed by atoms with Crippen LogP contribution in [-0.2, 0) is 14.3 Å². The molecule has 0 bridgehead atoms. The maximum Gasteiger partial charge on any atom is 0.290 e. The first-order valence-corrected chi connectivity index (χ1v) is 10.4. The molecule has 1 aromatic rings. The molecule has 4 rings (SSSR count). The lowest BCUT2D eigenvalue weighted by Gasteiger charge is -2.40. The van der Waals surface area contributed by atoms with Gasteiger partial charge in [-0.25, -0.2) is 4.39 Å². The average molecular weight is 400 g/mol. The van der Waals surface area contributed by atoms with E-state index in [0.29, 0.717) is 36.1 Å². The Labute approximate surface area is 171 Å². The van der Waals surface area contributed by atoms with Crippen LogP contribution < -0.4 is 0 Å². The van der Waals surface area contributed by atoms with Crippen LogP contribution in [0.2, 0.25) is 0 Å². The highest BCUT2D eigenvalue weighted by molar-refractivity contribution is 6.11. The zero-order valence-electron chi connectivity index (χ0n) is 17.5. The summed E-state index contributed by atoms with van der Waals surface area (Å²) in [5.74, 6) is 0.00199. The van der Waals surface area contributed by atoms with Gasteiger partial charge in [0.15, 0.2) is 11.5 Å². The van der Waals surface area contributed by atoms with Crippen molar-refractivity contribution in [3.8, 4) is 0 Å². The third kappa shape index (κ3) is 3.37. The molecule has 0 aromatic heterocycles. The van der Waals surface area contributed by atoms with Gasteiger partial charge in [0.25, 0.3) is 5.91 Å². The number of carbonyl (C=O) groups excluding carboxylic acids is 2. The predicted octanol–water partition coefficient (Wildman–Crippen LogP) is 3.17. The molecule has 0 N–H and O–H groups in total. The molecule has 1 amide bonds. The van der Waals surface area contributed by atoms with E-state index in [0.717, 1.165) is 12.8 Å². The van der Waals surface area contributed by atoms with E-state index in [-0.39, 0.29) is 29.5 Å². The van der Waals surface area contributed by atoms with E-state index >= 15 is 0 Å². The summed E-state index contributed by atoms with van der Waals surface area (Å²) < 4.78 is 20.9. The monoisotopic (exact) mass is 400 g/mol. The number of nitrogens with zero attached hydrogens (tertiary/aromatic N) is 2. The molecule has 5 unspecified atom stereocenters. The van der Waals surface area contributed by atoms with Gasteiger partial charge in [-0.05, 0) is 44.8 Å². The van der Waals surface area contributed by atoms with Gasteiger partial charge < -0.3 is 14.5 Å². The van der Waals surface area contributed by atoms with Gasteiger partial charge in [0.2, 0.25) is 0 Å². The van der Waals surface area contributed by atoms with Gasteiger partial charge >= 0.3 is 0 Å². The number of ether oxygens (including phenoxy) is 1. The Bertz CT molecular complexity index is 865. The average Bonchev–Trinajstić information content (AvgIpc) is 2.94. The van der Waals surface area contributed by atoms with Gasteiger partial charge in [-0.1, -0.05) is 32.0 Å². The van der Waals surface area contributed by atoms with E-state index in [9.17, 15) is 14.0 Å². The van der Waals surface area contributed by atoms with Crippen molar-refractivity contribution in [1.29, 1.82) is 0 Å². The number of Topliss-reactive ketones (excluding diaryl/α,β-unsaturated/α-hetero) is 1. The third-order valence-electron chi connectivity index (χ3n) is 6.79. The van der Waals surface area contributed by atoms with Crippen molar-refractivity contribution < 1.29 is 18.7 Å². The number of carbonyl (C=O) groups is 2. The molecule has 29 heavy (non-hydrogen) atoms. The highest BCUT2D eigenvalue weighted by Crippen LogP contribution is 2.48. The summed E-state index contributed by atoms with van der Waals surface area (Å²) in [6.07, 6.45) is 1.26. The summed E-state index contributed by atoms with van der Waals surface area (Å²) in [6, 6.07) is 5.68. The van der Waals surface area contributed by atoms with Crippen LogP contribution in [0.1, 0.15) is 38.3 Å². The fraction of sp³-hybridized carbons (Fsp3) is 0.565. The summed E-state index contributed by atoms with van der Waals surface area (Å²) in [5, 5.41) is 0. The topological polar surface area (TPSA) is 49.9 Å². The first-order valence-electron chi connectivity index (χ1n) is 10.4. The zero-order valence-corrected chi connectivity index (χ0v) is 17.5. The number of hydrogen-bond acceptors (Lipinski definition) is 4. The van der Waals surface area contributed by atoms with E-state index in [1.165, 1.54) is 6.07 Å². The number of fused-ring (bicyclic) bond motifs is 1. The van der Waals surface area contributed by atoms with Crippen molar-refractivity contribution in [1.82, 2.24) is 9.80 Å². The predicted molar refractivity (Wildman–Crippen MR) is 107 cm³/mol. The Kier molecular flexibility index (Phi) is 5.23. The quantitative estimate of drug-likeness (QED) is 0.779. The lowest BCUT2D eigenvalue weighted by molar-refractivity contribution is -0.137. The van der Waals surface area contributed by atoms with Crippen molar-refractivity contribution >= 4 is 11.7 Å². The first kappa shape index (κ1) is 20.1. The van der Waals surface area contributed by atoms with Crippen LogP contribution in [0.5, 0.6) is 0 Å². The van der Waals surface area contributed by atoms with Crippen LogP contribution >= 0.6 is 0 Å². The Hall–Kier alpha value is -2.21. The largest absolute Gasteiger partial charge is 0.483 e. The fourth-order valence-electron chi connectivity index (χ4n) is 4.87. The second kappa shape index (κ2) is 7.56. The lowest BCUT2D eigenvalue weighted by Crippen LogP contribution is -2.43. The van der Waals surface area contributed by atoms with Gasteiger partial charge in [-0.3, -0.25) is 9.59 Å². The lowest BCUT2D eigenvalue weighted by atomic mass is 9.70. The van der Waals surface area contributed by atoms with Crippen LogP contribution in [-0.4, -0.2) is 54.8 Å². The summed E-state index contributed by atoms with van der Waals surface area (Å²) in [7, 11) is 3.84. The Morgan fingerprint density at radius 3 is 2.52 bits per heavy atom. The molecule has 156 valence electrons. The van der Waals surface area contributed by atoms with Gasteiger partial charge in [0.1, 0.15) is 11.9 Å². The zero-order chi connectivity index (χ0) is 20.9. The molecule has 0 radical (unpaired) electrons. The number of likely N-dealkylation sites (N-methyl/N-ethyl adjacent to an activating group) is 1. The second-order valence-corrected chi connectivity index (χ2v) is 9.02. The molecule has 5 nitrogen and oxygen atoms in total. The number of amides is 1. The standard InChI is InChI=1S/C23H29FN2O3/c1-13-11-16-18(12-14(13)2)29-22-19(21(16)27)20(15-7-5-6-8-17(15)24)26(23(22)28)10-9-25(3)4/h5-8,13-14,16,18,20H,9-12H2,1-4H3. The molecule has 0 saturated heterocycles. The third-order valence-corrected chi connectivity index (χ3v) is 6.79. The van der Waals surface area contributed by atoms with Crippen LogP contribution in [0.25, 0.3) is 0 Å². The minimum atomic E-state index is -0.721. The number of halogens is 1. The van der Waals surface area contributed by atoms with Crippen molar-refractivity contribution in [3.63, 3.8) is 0 Å². The minimum absolute atomic E-state index is 0.0380. The molecule has 2 aliphatic heterocycles. The molecule has 2 heterocycles. The van der Waals surface area contributed by atoms with Crippen molar-refractivity contribution in [2.45, 2.75) is 38.8 Å². The summed E-state index contributed by atoms with van der Waals surface area (Å²) in [6.45, 7) is 5.35. The molecule has 1 aromatic carbocycles. The first-order chi connectivity index (χ1) is 13.8. The van der Waals surface area contributed by atoms with Crippen LogP contribution in [0.4, 0.5) is 4.39 Å². The number of hydrogen-bond donors (Lipinski definition) is 0. The SMILES string of the molecule is CC1CC2OC3=C(C(=O)C2CC1C)C(c1ccccc1F)N(CCN(C)C)C3=O. The van der Waals surface area contributed by atoms with E-state index < -0.39 is 11.9 Å². The Morgan fingerprint density at radius 2 is 1.83 bits per heavy atom. The van der Waals surface area contributed by atoms with E-state index in [2.05, 4.69) is 13.8 Å². The van der Waals surface area contributed by atoms with Crippen LogP contribution in [0, 0.1) is 23.6 Å². The number of ketones is 1. The molecule has 3 aliphatic rings. The normalized spacial score (nSPS) is 31.8. The summed E-state index contributed by atoms with van der Waals surface area (Å²) in [4.78, 5) is 30.4. The molecule has 1 saturated carbocycles. The fourth-order valence-corrected chi connectivity index (χ4v) is 4.87. The number of benzene rings is 1. The highest BCUT2D eigenvalue weighted by Gasteiger charge is 2.53. The maximum atomic E-state index is 14.7. The minimum Gasteiger partial charge on any atom is -0.483 e. The summed E-state index contributed by atoms with van der Waals surface area (Å²) in [5.41, 5.74) is 0.707. The van der Waals surface area contributed by atoms with Gasteiger partial charge in [0.05, 0.1) is 17.5 Å². The smallest absolute Gasteiger partial charge is 0.290 e. The molecule has 6 heteroatoms. The molecule has 1 aliphatic carbocycles. The van der Waals surface area contributed by atoms with Gasteiger partial charge in [-0.15, -0.1) is 0 Å². The van der Waals surface area contributed by atoms with E-state index in [1.807, 2.05) is 19.0 Å². The molecule has 1 fully saturated rings. The molecule has 5 atom stereocenters. The van der Waals surface area contributed by atoms with Crippen LogP contribution in [0.15, 0.2) is 35.6 Å². The molecular weight excluding hydrogens is 371 g/mol. The maximum absolute atomic E-state index is 14.7. The van der Waals surface area contributed by atoms with Crippen LogP contribution in [0.3, 0.4) is 0 Å². The van der Waals surface area contributed by atoms with Crippen molar-refractivity contribution in [2.75, 3.05) is 27.2 Å². The van der Waals surface area contributed by atoms with E-state index in [1.54, 1.807) is 23.1 Å². The van der Waals surface area contributed by atoms with E-state index in [4.69, 9.17) is 4.74 Å². The van der Waals surface area contributed by atoms with Gasteiger partial charge in [-0.2, -0.15) is 0 Å². The number of rotatable bonds is 4. The molecular formula is C23H29FN2O3. The van der Waals surface area contributed by atoms with Gasteiger partial charge in [0, 0.05) is 18.7 Å². The highest BCUT2D eigenvalue weighted by atomic mass is 19.1. The second-order valence-electron chi connectivity index (χ2n) is 9.02. The van der Waals surface area contributed by atoms with Crippen molar-refractivity contribution in [2.24, 2.45) is 17.8 Å². The summed E-state index contributed by atoms with van der Waals surface area (Å²) >= 11 is 0. The molecule has 0 spiro atoms. The Morgan fingerprint density at radius 1 is 1.14 bits per heavy atom. The van der Waals surface area contributed by atoms with Crippen molar-refractivity contribution in [3.05, 3.63) is 47.0 Å².